The minimum absolute atomic E-state index is 0.554. The number of hydrogen-bond acceptors (Lipinski definition) is 4. The molecule has 4 heteroatoms. The summed E-state index contributed by atoms with van der Waals surface area (Å²) in [5.74, 6) is 6.12. The van der Waals surface area contributed by atoms with E-state index < -0.39 is 0 Å². The smallest absolute Gasteiger partial charge is 0.140 e. The summed E-state index contributed by atoms with van der Waals surface area (Å²) in [6.45, 7) is 8.10. The summed E-state index contributed by atoms with van der Waals surface area (Å²) >= 11 is 0. The van der Waals surface area contributed by atoms with Crippen molar-refractivity contribution in [3.05, 3.63) is 23.9 Å². The Labute approximate surface area is 110 Å². The monoisotopic (exact) mass is 248 g/mol. The predicted octanol–water partition coefficient (Wildman–Crippen LogP) is 2.38. The Morgan fingerprint density at radius 2 is 2.17 bits per heavy atom. The number of nitrogen functional groups attached to an aromatic ring is 1. The zero-order valence-corrected chi connectivity index (χ0v) is 11.4. The lowest BCUT2D eigenvalue weighted by Gasteiger charge is -2.39. The zero-order valence-electron chi connectivity index (χ0n) is 11.4. The molecular weight excluding hydrogens is 224 g/mol. The Morgan fingerprint density at radius 1 is 1.44 bits per heavy atom. The van der Waals surface area contributed by atoms with Crippen LogP contribution in [0.25, 0.3) is 0 Å². The van der Waals surface area contributed by atoms with Gasteiger partial charge >= 0.3 is 0 Å². The van der Waals surface area contributed by atoms with Gasteiger partial charge in [0, 0.05) is 12.7 Å². The highest BCUT2D eigenvalue weighted by molar-refractivity contribution is 5.35. The van der Waals surface area contributed by atoms with Crippen molar-refractivity contribution in [2.75, 3.05) is 18.5 Å². The van der Waals surface area contributed by atoms with Crippen LogP contribution in [0.15, 0.2) is 18.3 Å². The maximum atomic E-state index is 5.38. The molecule has 1 aliphatic heterocycles. The summed E-state index contributed by atoms with van der Waals surface area (Å²) in [7, 11) is 0. The van der Waals surface area contributed by atoms with E-state index in [2.05, 4.69) is 35.2 Å². The molecule has 0 amide bonds. The zero-order chi connectivity index (χ0) is 13.0. The van der Waals surface area contributed by atoms with Crippen LogP contribution in [0.1, 0.15) is 38.7 Å². The third-order valence-electron chi connectivity index (χ3n) is 4.30. The third kappa shape index (κ3) is 3.21. The van der Waals surface area contributed by atoms with Crippen LogP contribution in [-0.4, -0.2) is 23.0 Å². The van der Waals surface area contributed by atoms with Gasteiger partial charge < -0.3 is 5.43 Å². The molecule has 1 fully saturated rings. The molecule has 1 aromatic heterocycles. The summed E-state index contributed by atoms with van der Waals surface area (Å²) < 4.78 is 0. The average molecular weight is 248 g/mol. The first kappa shape index (κ1) is 13.3. The maximum absolute atomic E-state index is 5.38. The van der Waals surface area contributed by atoms with Gasteiger partial charge in [-0.25, -0.2) is 10.8 Å². The van der Waals surface area contributed by atoms with Crippen LogP contribution in [0.2, 0.25) is 0 Å². The third-order valence-corrected chi connectivity index (χ3v) is 4.30. The molecule has 0 spiro atoms. The van der Waals surface area contributed by atoms with E-state index >= 15 is 0 Å². The Kier molecular flexibility index (Phi) is 4.19. The van der Waals surface area contributed by atoms with Gasteiger partial charge in [-0.1, -0.05) is 20.3 Å². The van der Waals surface area contributed by atoms with Crippen molar-refractivity contribution in [3.63, 3.8) is 0 Å². The molecule has 0 unspecified atom stereocenters. The molecule has 0 saturated carbocycles. The van der Waals surface area contributed by atoms with Gasteiger partial charge in [-0.05, 0) is 49.0 Å². The molecule has 0 aliphatic carbocycles. The van der Waals surface area contributed by atoms with Crippen LogP contribution in [0.5, 0.6) is 0 Å². The number of nitrogens with two attached hydrogens (primary N) is 1. The molecule has 2 heterocycles. The van der Waals surface area contributed by atoms with Gasteiger partial charge in [0.2, 0.25) is 0 Å². The van der Waals surface area contributed by atoms with Gasteiger partial charge in [0.1, 0.15) is 5.82 Å². The summed E-state index contributed by atoms with van der Waals surface area (Å²) in [5.41, 5.74) is 4.43. The fraction of sp³-hybridized carbons (Fsp3) is 0.643. The molecule has 2 rings (SSSR count). The molecule has 1 saturated heterocycles. The summed E-state index contributed by atoms with van der Waals surface area (Å²) in [5, 5.41) is 0. The van der Waals surface area contributed by atoms with Crippen LogP contribution in [0.4, 0.5) is 5.82 Å². The van der Waals surface area contributed by atoms with Gasteiger partial charge in [0.05, 0.1) is 0 Å². The number of nitrogens with zero attached hydrogens (tertiary/aromatic N) is 2. The first-order valence-electron chi connectivity index (χ1n) is 6.79. The molecule has 100 valence electrons. The topological polar surface area (TPSA) is 54.2 Å². The largest absolute Gasteiger partial charge is 0.308 e. The fourth-order valence-electron chi connectivity index (χ4n) is 2.51. The molecule has 1 aliphatic rings. The highest BCUT2D eigenvalue weighted by Crippen LogP contribution is 2.34. The predicted molar refractivity (Wildman–Crippen MR) is 75.0 cm³/mol. The summed E-state index contributed by atoms with van der Waals surface area (Å²) in [4.78, 5) is 6.65. The minimum Gasteiger partial charge on any atom is -0.308 e. The maximum Gasteiger partial charge on any atom is 0.140 e. The number of piperidine rings is 1. The molecule has 0 aromatic carbocycles. The number of rotatable bonds is 4. The van der Waals surface area contributed by atoms with E-state index in [1.807, 2.05) is 12.3 Å². The van der Waals surface area contributed by atoms with Crippen molar-refractivity contribution in [3.8, 4) is 0 Å². The van der Waals surface area contributed by atoms with E-state index in [-0.39, 0.29) is 0 Å². The molecule has 1 aromatic rings. The van der Waals surface area contributed by atoms with E-state index in [0.717, 1.165) is 12.4 Å². The number of anilines is 1. The molecule has 18 heavy (non-hydrogen) atoms. The van der Waals surface area contributed by atoms with Gasteiger partial charge in [-0.3, -0.25) is 4.90 Å². The number of hydrogen-bond donors (Lipinski definition) is 2. The van der Waals surface area contributed by atoms with Gasteiger partial charge in [0.15, 0.2) is 0 Å². The second kappa shape index (κ2) is 5.67. The molecule has 3 N–H and O–H groups in total. The normalized spacial score (nSPS) is 19.7. The van der Waals surface area contributed by atoms with Crippen molar-refractivity contribution < 1.29 is 0 Å². The van der Waals surface area contributed by atoms with Crippen molar-refractivity contribution in [2.45, 2.75) is 39.7 Å². The Morgan fingerprint density at radius 3 is 2.78 bits per heavy atom. The number of hydrazine groups is 1. The Bertz CT molecular complexity index is 383. The lowest BCUT2D eigenvalue weighted by molar-refractivity contribution is 0.109. The van der Waals surface area contributed by atoms with E-state index in [1.165, 1.54) is 37.9 Å². The Balaban J connectivity index is 1.91. The van der Waals surface area contributed by atoms with E-state index in [1.54, 1.807) is 0 Å². The standard InChI is InChI=1S/C14H24N4/c1-3-14(2)5-8-18(9-6-14)11-12-4-7-16-13(10-12)17-15/h4,7,10H,3,5-6,8-9,11,15H2,1-2H3,(H,16,17). The number of pyridine rings is 1. The van der Waals surface area contributed by atoms with E-state index in [0.29, 0.717) is 5.41 Å². The first-order valence-corrected chi connectivity index (χ1v) is 6.79. The second-order valence-corrected chi connectivity index (χ2v) is 5.63. The van der Waals surface area contributed by atoms with Crippen LogP contribution in [0.3, 0.4) is 0 Å². The number of aromatic nitrogens is 1. The van der Waals surface area contributed by atoms with Gasteiger partial charge in [0.25, 0.3) is 0 Å². The van der Waals surface area contributed by atoms with Crippen molar-refractivity contribution >= 4 is 5.82 Å². The van der Waals surface area contributed by atoms with Crippen LogP contribution >= 0.6 is 0 Å². The van der Waals surface area contributed by atoms with Crippen LogP contribution in [0, 0.1) is 5.41 Å². The van der Waals surface area contributed by atoms with E-state index in [4.69, 9.17) is 5.84 Å². The van der Waals surface area contributed by atoms with Gasteiger partial charge in [-0.15, -0.1) is 0 Å². The fourth-order valence-corrected chi connectivity index (χ4v) is 2.51. The van der Waals surface area contributed by atoms with Crippen molar-refractivity contribution in [2.24, 2.45) is 11.3 Å². The van der Waals surface area contributed by atoms with Crippen LogP contribution in [-0.2, 0) is 6.54 Å². The van der Waals surface area contributed by atoms with Crippen LogP contribution < -0.4 is 11.3 Å². The highest BCUT2D eigenvalue weighted by Gasteiger charge is 2.27. The molecular formula is C14H24N4. The minimum atomic E-state index is 0.554. The Hall–Kier alpha value is -1.13. The molecule has 0 bridgehead atoms. The molecule has 4 nitrogen and oxygen atoms in total. The average Bonchev–Trinajstić information content (AvgIpc) is 2.42. The molecule has 0 atom stereocenters. The lowest BCUT2D eigenvalue weighted by Crippen LogP contribution is -2.37. The van der Waals surface area contributed by atoms with E-state index in [9.17, 15) is 0 Å². The van der Waals surface area contributed by atoms with Crippen molar-refractivity contribution in [1.82, 2.24) is 9.88 Å². The lowest BCUT2D eigenvalue weighted by atomic mass is 9.78. The highest BCUT2D eigenvalue weighted by atomic mass is 15.2. The van der Waals surface area contributed by atoms with Crippen molar-refractivity contribution in [1.29, 1.82) is 0 Å². The summed E-state index contributed by atoms with van der Waals surface area (Å²) in [6, 6.07) is 4.09. The number of nitrogens with one attached hydrogen (secondary N) is 1. The SMILES string of the molecule is CCC1(C)CCN(Cc2ccnc(NN)c2)CC1. The second-order valence-electron chi connectivity index (χ2n) is 5.63. The number of likely N-dealkylation sites (tertiary alicyclic amines) is 1. The molecule has 0 radical (unpaired) electrons. The summed E-state index contributed by atoms with van der Waals surface area (Å²) in [6.07, 6.45) is 5.70. The van der Waals surface area contributed by atoms with Gasteiger partial charge in [-0.2, -0.15) is 0 Å². The first-order chi connectivity index (χ1) is 8.65. The quantitative estimate of drug-likeness (QED) is 0.634.